The summed E-state index contributed by atoms with van der Waals surface area (Å²) in [6.07, 6.45) is 1.66. The van der Waals surface area contributed by atoms with Crippen molar-refractivity contribution in [3.8, 4) is 0 Å². The van der Waals surface area contributed by atoms with E-state index in [-0.39, 0.29) is 5.91 Å². The minimum Gasteiger partial charge on any atom is -0.366 e. The first-order valence-corrected chi connectivity index (χ1v) is 8.24. The van der Waals surface area contributed by atoms with Gasteiger partial charge in [-0.25, -0.2) is 4.98 Å². The predicted octanol–water partition coefficient (Wildman–Crippen LogP) is 4.56. The molecule has 0 saturated carbocycles. The Hall–Kier alpha value is -3.14. The second-order valence-electron chi connectivity index (χ2n) is 6.09. The van der Waals surface area contributed by atoms with Gasteiger partial charge in [-0.05, 0) is 43.7 Å². The van der Waals surface area contributed by atoms with E-state index in [4.69, 9.17) is 0 Å². The van der Waals surface area contributed by atoms with Gasteiger partial charge in [0.25, 0.3) is 5.91 Å². The lowest BCUT2D eigenvalue weighted by molar-refractivity contribution is 0.102. The van der Waals surface area contributed by atoms with E-state index in [1.165, 1.54) is 11.1 Å². The van der Waals surface area contributed by atoms with Crippen LogP contribution in [0.3, 0.4) is 0 Å². The molecule has 3 aromatic rings. The lowest BCUT2D eigenvalue weighted by atomic mass is 10.1. The number of aryl methyl sites for hydroxylation is 2. The topological polar surface area (TPSA) is 54.0 Å². The van der Waals surface area contributed by atoms with Crippen molar-refractivity contribution >= 4 is 17.4 Å². The average Bonchev–Trinajstić information content (AvgIpc) is 2.62. The van der Waals surface area contributed by atoms with Gasteiger partial charge >= 0.3 is 0 Å². The molecule has 3 rings (SSSR count). The maximum atomic E-state index is 12.2. The molecule has 0 unspecified atom stereocenters. The first kappa shape index (κ1) is 16.7. The van der Waals surface area contributed by atoms with Crippen molar-refractivity contribution in [1.82, 2.24) is 4.98 Å². The van der Waals surface area contributed by atoms with Gasteiger partial charge in [-0.3, -0.25) is 4.79 Å². The number of nitrogens with one attached hydrogen (secondary N) is 2. The zero-order chi connectivity index (χ0) is 17.6. The molecule has 0 saturated heterocycles. The Bertz CT molecular complexity index is 855. The molecule has 4 heteroatoms. The van der Waals surface area contributed by atoms with Crippen LogP contribution in [0.4, 0.5) is 11.5 Å². The van der Waals surface area contributed by atoms with Gasteiger partial charge < -0.3 is 10.6 Å². The Morgan fingerprint density at radius 2 is 1.76 bits per heavy atom. The van der Waals surface area contributed by atoms with Crippen LogP contribution < -0.4 is 10.6 Å². The maximum Gasteiger partial charge on any atom is 0.255 e. The van der Waals surface area contributed by atoms with Gasteiger partial charge in [0.15, 0.2) is 0 Å². The van der Waals surface area contributed by atoms with Crippen LogP contribution in [0.15, 0.2) is 66.9 Å². The standard InChI is InChI=1S/C21H21N3O/c1-15-6-8-17(9-7-15)13-22-20-11-10-19(14-23-20)24-21(25)18-5-3-4-16(2)12-18/h3-12,14H,13H2,1-2H3,(H,22,23)(H,24,25). The number of hydrogen-bond donors (Lipinski definition) is 2. The quantitative estimate of drug-likeness (QED) is 0.720. The molecule has 0 atom stereocenters. The fourth-order valence-electron chi connectivity index (χ4n) is 2.46. The highest BCUT2D eigenvalue weighted by atomic mass is 16.1. The molecule has 126 valence electrons. The molecule has 1 aromatic heterocycles. The number of pyridine rings is 1. The minimum absolute atomic E-state index is 0.133. The number of hydrogen-bond acceptors (Lipinski definition) is 3. The molecule has 2 aromatic carbocycles. The predicted molar refractivity (Wildman–Crippen MR) is 102 cm³/mol. The number of amides is 1. The number of benzene rings is 2. The smallest absolute Gasteiger partial charge is 0.255 e. The van der Waals surface area contributed by atoms with Crippen molar-refractivity contribution in [1.29, 1.82) is 0 Å². The monoisotopic (exact) mass is 331 g/mol. The first-order valence-electron chi connectivity index (χ1n) is 8.24. The average molecular weight is 331 g/mol. The molecule has 0 spiro atoms. The Labute approximate surface area is 147 Å². The van der Waals surface area contributed by atoms with Crippen LogP contribution in [-0.4, -0.2) is 10.9 Å². The summed E-state index contributed by atoms with van der Waals surface area (Å²) < 4.78 is 0. The number of rotatable bonds is 5. The van der Waals surface area contributed by atoms with Crippen LogP contribution in [0, 0.1) is 13.8 Å². The molecular weight excluding hydrogens is 310 g/mol. The normalized spacial score (nSPS) is 10.3. The van der Waals surface area contributed by atoms with E-state index < -0.39 is 0 Å². The zero-order valence-corrected chi connectivity index (χ0v) is 14.4. The molecule has 0 radical (unpaired) electrons. The summed E-state index contributed by atoms with van der Waals surface area (Å²) in [7, 11) is 0. The van der Waals surface area contributed by atoms with Gasteiger partial charge in [-0.15, -0.1) is 0 Å². The van der Waals surface area contributed by atoms with Gasteiger partial charge in [0, 0.05) is 12.1 Å². The fraction of sp³-hybridized carbons (Fsp3) is 0.143. The maximum absolute atomic E-state index is 12.2. The summed E-state index contributed by atoms with van der Waals surface area (Å²) in [6, 6.07) is 19.6. The van der Waals surface area contributed by atoms with Gasteiger partial charge in [0.2, 0.25) is 0 Å². The van der Waals surface area contributed by atoms with Crippen molar-refractivity contribution in [2.24, 2.45) is 0 Å². The Kier molecular flexibility index (Phi) is 5.09. The summed E-state index contributed by atoms with van der Waals surface area (Å²) in [5.41, 5.74) is 4.81. The largest absolute Gasteiger partial charge is 0.366 e. The van der Waals surface area contributed by atoms with Crippen molar-refractivity contribution in [3.05, 3.63) is 89.1 Å². The number of carbonyl (C=O) groups is 1. The molecule has 0 aliphatic heterocycles. The van der Waals surface area contributed by atoms with Crippen molar-refractivity contribution < 1.29 is 4.79 Å². The Morgan fingerprint density at radius 3 is 2.44 bits per heavy atom. The fourth-order valence-corrected chi connectivity index (χ4v) is 2.46. The summed E-state index contributed by atoms with van der Waals surface area (Å²) in [5.74, 6) is 0.639. The molecule has 0 aliphatic carbocycles. The highest BCUT2D eigenvalue weighted by molar-refractivity contribution is 6.04. The van der Waals surface area contributed by atoms with Crippen molar-refractivity contribution in [2.45, 2.75) is 20.4 Å². The number of aromatic nitrogens is 1. The van der Waals surface area contributed by atoms with Crippen LogP contribution in [0.25, 0.3) is 0 Å². The van der Waals surface area contributed by atoms with Gasteiger partial charge in [0.1, 0.15) is 5.82 Å². The molecule has 4 nitrogen and oxygen atoms in total. The Morgan fingerprint density at radius 1 is 0.960 bits per heavy atom. The third-order valence-electron chi connectivity index (χ3n) is 3.90. The second kappa shape index (κ2) is 7.62. The number of carbonyl (C=O) groups excluding carboxylic acids is 1. The van der Waals surface area contributed by atoms with Crippen LogP contribution in [0.1, 0.15) is 27.0 Å². The lowest BCUT2D eigenvalue weighted by Gasteiger charge is -2.08. The van der Waals surface area contributed by atoms with E-state index in [1.54, 1.807) is 12.3 Å². The van der Waals surface area contributed by atoms with Crippen LogP contribution in [-0.2, 0) is 6.54 Å². The third-order valence-corrected chi connectivity index (χ3v) is 3.90. The van der Waals surface area contributed by atoms with Crippen LogP contribution in [0.5, 0.6) is 0 Å². The van der Waals surface area contributed by atoms with E-state index in [0.717, 1.165) is 11.4 Å². The molecular formula is C21H21N3O. The molecule has 25 heavy (non-hydrogen) atoms. The molecule has 0 aliphatic rings. The summed E-state index contributed by atoms with van der Waals surface area (Å²) >= 11 is 0. The highest BCUT2D eigenvalue weighted by Crippen LogP contribution is 2.13. The molecule has 1 amide bonds. The summed E-state index contributed by atoms with van der Waals surface area (Å²) in [6.45, 7) is 4.75. The van der Waals surface area contributed by atoms with E-state index in [9.17, 15) is 4.79 Å². The first-order chi connectivity index (χ1) is 12.1. The molecule has 0 bridgehead atoms. The van der Waals surface area contributed by atoms with E-state index in [1.807, 2.05) is 37.3 Å². The summed E-state index contributed by atoms with van der Waals surface area (Å²) in [5, 5.41) is 6.14. The zero-order valence-electron chi connectivity index (χ0n) is 14.4. The SMILES string of the molecule is Cc1ccc(CNc2ccc(NC(=O)c3cccc(C)c3)cn2)cc1. The summed E-state index contributed by atoms with van der Waals surface area (Å²) in [4.78, 5) is 16.6. The molecule has 1 heterocycles. The van der Waals surface area contributed by atoms with E-state index in [0.29, 0.717) is 17.8 Å². The van der Waals surface area contributed by atoms with E-state index in [2.05, 4.69) is 46.8 Å². The Balaban J connectivity index is 1.58. The van der Waals surface area contributed by atoms with Gasteiger partial charge in [-0.1, -0.05) is 47.5 Å². The van der Waals surface area contributed by atoms with Crippen molar-refractivity contribution in [2.75, 3.05) is 10.6 Å². The third kappa shape index (κ3) is 4.67. The molecule has 0 fully saturated rings. The van der Waals surface area contributed by atoms with Crippen LogP contribution in [0.2, 0.25) is 0 Å². The van der Waals surface area contributed by atoms with Gasteiger partial charge in [0.05, 0.1) is 11.9 Å². The van der Waals surface area contributed by atoms with Crippen LogP contribution >= 0.6 is 0 Å². The number of anilines is 2. The second-order valence-corrected chi connectivity index (χ2v) is 6.09. The van der Waals surface area contributed by atoms with Gasteiger partial charge in [-0.2, -0.15) is 0 Å². The highest BCUT2D eigenvalue weighted by Gasteiger charge is 2.06. The minimum atomic E-state index is -0.133. The number of nitrogens with zero attached hydrogens (tertiary/aromatic N) is 1. The van der Waals surface area contributed by atoms with E-state index >= 15 is 0 Å². The molecule has 2 N–H and O–H groups in total. The lowest BCUT2D eigenvalue weighted by Crippen LogP contribution is -2.12. The van der Waals surface area contributed by atoms with Crippen molar-refractivity contribution in [3.63, 3.8) is 0 Å².